The maximum atomic E-state index is 12.5. The molecule has 1 atom stereocenters. The molecular weight excluding hydrogens is 388 g/mol. The average Bonchev–Trinajstić information content (AvgIpc) is 3.26. The van der Waals surface area contributed by atoms with Crippen molar-refractivity contribution in [2.24, 2.45) is 0 Å². The van der Waals surface area contributed by atoms with Crippen LogP contribution in [-0.4, -0.2) is 31.2 Å². The van der Waals surface area contributed by atoms with E-state index in [4.69, 9.17) is 13.9 Å². The molecular formula is C22H22N2O6. The first-order valence-electron chi connectivity index (χ1n) is 9.40. The predicted molar refractivity (Wildman–Crippen MR) is 108 cm³/mol. The van der Waals surface area contributed by atoms with Crippen molar-refractivity contribution in [2.75, 3.05) is 13.2 Å². The van der Waals surface area contributed by atoms with E-state index in [1.54, 1.807) is 25.1 Å². The van der Waals surface area contributed by atoms with Crippen molar-refractivity contribution in [2.45, 2.75) is 19.9 Å². The monoisotopic (exact) mass is 410 g/mol. The Bertz CT molecular complexity index is 974. The molecule has 1 unspecified atom stereocenters. The molecule has 1 aromatic carbocycles. The van der Waals surface area contributed by atoms with Gasteiger partial charge in [0.1, 0.15) is 18.4 Å². The van der Waals surface area contributed by atoms with Gasteiger partial charge in [-0.25, -0.2) is 14.4 Å². The molecule has 0 fully saturated rings. The Morgan fingerprint density at radius 1 is 1.17 bits per heavy atom. The molecule has 0 aliphatic carbocycles. The summed E-state index contributed by atoms with van der Waals surface area (Å²) in [6, 6.07) is 9.48. The number of benzene rings is 1. The normalized spacial score (nSPS) is 16.2. The van der Waals surface area contributed by atoms with Crippen LogP contribution in [0.1, 0.15) is 29.9 Å². The lowest BCUT2D eigenvalue weighted by Crippen LogP contribution is -2.47. The van der Waals surface area contributed by atoms with E-state index in [2.05, 4.69) is 10.6 Å². The van der Waals surface area contributed by atoms with E-state index in [0.717, 1.165) is 11.1 Å². The molecule has 0 bridgehead atoms. The van der Waals surface area contributed by atoms with Crippen molar-refractivity contribution in [3.63, 3.8) is 0 Å². The number of nitrogens with one attached hydrogen (secondary N) is 2. The van der Waals surface area contributed by atoms with Gasteiger partial charge in [-0.2, -0.15) is 0 Å². The van der Waals surface area contributed by atoms with Crippen LogP contribution in [0.3, 0.4) is 0 Å². The van der Waals surface area contributed by atoms with Gasteiger partial charge in [0.25, 0.3) is 0 Å². The molecule has 2 N–H and O–H groups in total. The van der Waals surface area contributed by atoms with E-state index >= 15 is 0 Å². The zero-order chi connectivity index (χ0) is 21.5. The van der Waals surface area contributed by atoms with Crippen molar-refractivity contribution in [3.05, 3.63) is 76.9 Å². The minimum atomic E-state index is -0.857. The van der Waals surface area contributed by atoms with Crippen LogP contribution in [0.25, 0.3) is 6.08 Å². The zero-order valence-electron chi connectivity index (χ0n) is 16.6. The SMILES string of the molecule is CCOC(=O)C1=C(COC(=O)/C=C/c2ccc(C)cc2)NC(=O)NC1c1ccco1. The lowest BCUT2D eigenvalue weighted by atomic mass is 10.0. The van der Waals surface area contributed by atoms with Gasteiger partial charge in [0, 0.05) is 6.08 Å². The first-order valence-corrected chi connectivity index (χ1v) is 9.40. The summed E-state index contributed by atoms with van der Waals surface area (Å²) < 4.78 is 15.7. The third-order valence-electron chi connectivity index (χ3n) is 4.32. The topological polar surface area (TPSA) is 107 Å². The van der Waals surface area contributed by atoms with Gasteiger partial charge in [-0.05, 0) is 37.6 Å². The van der Waals surface area contributed by atoms with Crippen LogP contribution in [0.15, 0.2) is 64.4 Å². The van der Waals surface area contributed by atoms with Gasteiger partial charge in [0.05, 0.1) is 24.1 Å². The number of amides is 2. The fourth-order valence-electron chi connectivity index (χ4n) is 2.88. The molecule has 0 saturated carbocycles. The second-order valence-corrected chi connectivity index (χ2v) is 6.51. The number of hydrogen-bond donors (Lipinski definition) is 2. The summed E-state index contributed by atoms with van der Waals surface area (Å²) in [4.78, 5) is 36.7. The number of urea groups is 1. The summed E-state index contributed by atoms with van der Waals surface area (Å²) >= 11 is 0. The first kappa shape index (κ1) is 20.9. The van der Waals surface area contributed by atoms with Gasteiger partial charge in [0.2, 0.25) is 0 Å². The van der Waals surface area contributed by atoms with Crippen LogP contribution in [0.5, 0.6) is 0 Å². The average molecular weight is 410 g/mol. The molecule has 0 spiro atoms. The van der Waals surface area contributed by atoms with Gasteiger partial charge in [0.15, 0.2) is 0 Å². The van der Waals surface area contributed by atoms with Crippen LogP contribution in [0.2, 0.25) is 0 Å². The van der Waals surface area contributed by atoms with Gasteiger partial charge in [-0.3, -0.25) is 0 Å². The smallest absolute Gasteiger partial charge is 0.338 e. The van der Waals surface area contributed by atoms with Crippen LogP contribution >= 0.6 is 0 Å². The standard InChI is InChI=1S/C22H22N2O6/c1-3-28-21(26)19-16(23-22(27)24-20(19)17-5-4-12-29-17)13-30-18(25)11-10-15-8-6-14(2)7-9-15/h4-12,20H,3,13H2,1-2H3,(H2,23,24,27)/b11-10+. The Kier molecular flexibility index (Phi) is 6.69. The Morgan fingerprint density at radius 2 is 1.93 bits per heavy atom. The third kappa shape index (κ3) is 5.16. The molecule has 2 heterocycles. The van der Waals surface area contributed by atoms with Crippen molar-refractivity contribution in [1.29, 1.82) is 0 Å². The van der Waals surface area contributed by atoms with E-state index in [1.807, 2.05) is 31.2 Å². The van der Waals surface area contributed by atoms with Crippen LogP contribution in [-0.2, 0) is 19.1 Å². The number of esters is 2. The predicted octanol–water partition coefficient (Wildman–Crippen LogP) is 3.02. The van der Waals surface area contributed by atoms with E-state index in [9.17, 15) is 14.4 Å². The van der Waals surface area contributed by atoms with Crippen molar-refractivity contribution in [1.82, 2.24) is 10.6 Å². The quantitative estimate of drug-likeness (QED) is 0.537. The third-order valence-corrected chi connectivity index (χ3v) is 4.32. The maximum Gasteiger partial charge on any atom is 0.338 e. The highest BCUT2D eigenvalue weighted by Gasteiger charge is 2.35. The summed E-state index contributed by atoms with van der Waals surface area (Å²) in [5.74, 6) is -0.905. The number of ether oxygens (including phenoxy) is 2. The second-order valence-electron chi connectivity index (χ2n) is 6.51. The van der Waals surface area contributed by atoms with Gasteiger partial charge in [-0.1, -0.05) is 29.8 Å². The van der Waals surface area contributed by atoms with E-state index in [1.165, 1.54) is 12.3 Å². The molecule has 8 heteroatoms. The number of furan rings is 1. The fraction of sp³-hybridized carbons (Fsp3) is 0.227. The maximum absolute atomic E-state index is 12.5. The van der Waals surface area contributed by atoms with E-state index < -0.39 is 24.0 Å². The number of carbonyl (C=O) groups excluding carboxylic acids is 3. The number of aryl methyl sites for hydroxylation is 1. The summed E-state index contributed by atoms with van der Waals surface area (Å²) in [6.07, 6.45) is 4.33. The first-order chi connectivity index (χ1) is 14.5. The van der Waals surface area contributed by atoms with Gasteiger partial charge in [-0.15, -0.1) is 0 Å². The fourth-order valence-corrected chi connectivity index (χ4v) is 2.88. The Labute approximate surface area is 173 Å². The van der Waals surface area contributed by atoms with Crippen LogP contribution < -0.4 is 10.6 Å². The highest BCUT2D eigenvalue weighted by Crippen LogP contribution is 2.28. The molecule has 1 aromatic heterocycles. The lowest BCUT2D eigenvalue weighted by molar-refractivity contribution is -0.140. The second kappa shape index (κ2) is 9.60. The number of hydrogen-bond acceptors (Lipinski definition) is 6. The largest absolute Gasteiger partial charge is 0.467 e. The molecule has 2 amide bonds. The van der Waals surface area contributed by atoms with Crippen molar-refractivity contribution in [3.8, 4) is 0 Å². The molecule has 1 aliphatic rings. The highest BCUT2D eigenvalue weighted by molar-refractivity contribution is 5.95. The van der Waals surface area contributed by atoms with Crippen molar-refractivity contribution < 1.29 is 28.3 Å². The summed E-state index contributed by atoms with van der Waals surface area (Å²) in [5, 5.41) is 5.14. The molecule has 156 valence electrons. The molecule has 0 saturated heterocycles. The Morgan fingerprint density at radius 3 is 2.60 bits per heavy atom. The molecule has 8 nitrogen and oxygen atoms in total. The summed E-state index contributed by atoms with van der Waals surface area (Å²) in [6.45, 7) is 3.48. The van der Waals surface area contributed by atoms with Crippen LogP contribution in [0.4, 0.5) is 4.79 Å². The Hall–Kier alpha value is -3.81. The molecule has 30 heavy (non-hydrogen) atoms. The highest BCUT2D eigenvalue weighted by atomic mass is 16.5. The zero-order valence-corrected chi connectivity index (χ0v) is 16.6. The minimum absolute atomic E-state index is 0.113. The molecule has 0 radical (unpaired) electrons. The van der Waals surface area contributed by atoms with Gasteiger partial charge < -0.3 is 24.5 Å². The number of rotatable bonds is 7. The van der Waals surface area contributed by atoms with Crippen molar-refractivity contribution >= 4 is 24.0 Å². The molecule has 3 rings (SSSR count). The van der Waals surface area contributed by atoms with E-state index in [-0.39, 0.29) is 24.5 Å². The molecule has 1 aliphatic heterocycles. The molecule has 2 aromatic rings. The minimum Gasteiger partial charge on any atom is -0.467 e. The number of carbonyl (C=O) groups is 3. The van der Waals surface area contributed by atoms with Crippen LogP contribution in [0, 0.1) is 6.92 Å². The summed E-state index contributed by atoms with van der Waals surface area (Å²) in [7, 11) is 0. The Balaban J connectivity index is 1.78. The van der Waals surface area contributed by atoms with Gasteiger partial charge >= 0.3 is 18.0 Å². The summed E-state index contributed by atoms with van der Waals surface area (Å²) in [5.41, 5.74) is 2.20. The van der Waals surface area contributed by atoms with E-state index in [0.29, 0.717) is 5.76 Å². The lowest BCUT2D eigenvalue weighted by Gasteiger charge is -2.27.